The summed E-state index contributed by atoms with van der Waals surface area (Å²) in [4.78, 5) is 11.6. The summed E-state index contributed by atoms with van der Waals surface area (Å²) in [6.45, 7) is 6.87. The van der Waals surface area contributed by atoms with E-state index in [4.69, 9.17) is 4.99 Å². The summed E-state index contributed by atoms with van der Waals surface area (Å²) in [5.41, 5.74) is 1.72. The third-order valence-corrected chi connectivity index (χ3v) is 7.89. The van der Waals surface area contributed by atoms with E-state index in [0.717, 1.165) is 48.0 Å². The molecule has 9 heteroatoms. The van der Waals surface area contributed by atoms with Gasteiger partial charge >= 0.3 is 0 Å². The number of piperidine rings is 1. The van der Waals surface area contributed by atoms with Crippen molar-refractivity contribution in [2.24, 2.45) is 4.99 Å². The van der Waals surface area contributed by atoms with E-state index in [0.29, 0.717) is 31.1 Å². The van der Waals surface area contributed by atoms with Crippen molar-refractivity contribution >= 4 is 27.3 Å². The SMILES string of the molecule is CCNC(=NCc1ccccc1S(=O)(=O)N1CCCCC1)N(C)Cc1csc(C)n1. The Morgan fingerprint density at radius 2 is 2.00 bits per heavy atom. The first-order valence-corrected chi connectivity index (χ1v) is 12.7. The van der Waals surface area contributed by atoms with Gasteiger partial charge in [-0.3, -0.25) is 0 Å². The van der Waals surface area contributed by atoms with Gasteiger partial charge in [-0.1, -0.05) is 24.6 Å². The van der Waals surface area contributed by atoms with Crippen molar-refractivity contribution in [1.29, 1.82) is 0 Å². The zero-order valence-electron chi connectivity index (χ0n) is 18.0. The second-order valence-corrected chi connectivity index (χ2v) is 10.4. The molecule has 0 radical (unpaired) electrons. The molecule has 1 saturated heterocycles. The predicted molar refractivity (Wildman–Crippen MR) is 122 cm³/mol. The van der Waals surface area contributed by atoms with E-state index in [-0.39, 0.29) is 0 Å². The molecule has 0 unspecified atom stereocenters. The van der Waals surface area contributed by atoms with E-state index >= 15 is 0 Å². The normalized spacial score (nSPS) is 15.9. The molecule has 0 amide bonds. The van der Waals surface area contributed by atoms with Crippen molar-refractivity contribution < 1.29 is 8.42 Å². The third-order valence-electron chi connectivity index (χ3n) is 5.07. The average Bonchev–Trinajstić information content (AvgIpc) is 3.16. The molecule has 0 aliphatic carbocycles. The van der Waals surface area contributed by atoms with Crippen LogP contribution in [-0.4, -0.2) is 55.2 Å². The molecule has 1 aliphatic rings. The van der Waals surface area contributed by atoms with Crippen LogP contribution in [0.4, 0.5) is 0 Å². The number of benzene rings is 1. The summed E-state index contributed by atoms with van der Waals surface area (Å²) in [5, 5.41) is 6.38. The summed E-state index contributed by atoms with van der Waals surface area (Å²) in [5.74, 6) is 0.730. The first kappa shape index (κ1) is 22.7. The molecule has 1 fully saturated rings. The molecule has 2 aromatic rings. The lowest BCUT2D eigenvalue weighted by atomic mass is 10.2. The highest BCUT2D eigenvalue weighted by Gasteiger charge is 2.27. The standard InChI is InChI=1S/C21H31N5O2S2/c1-4-22-21(25(3)15-19-16-29-17(2)24-19)23-14-18-10-6-7-11-20(18)30(27,28)26-12-8-5-9-13-26/h6-7,10-11,16H,4-5,8-9,12-15H2,1-3H3,(H,22,23). The van der Waals surface area contributed by atoms with Gasteiger partial charge in [0, 0.05) is 32.1 Å². The van der Waals surface area contributed by atoms with Crippen LogP contribution in [0.15, 0.2) is 39.5 Å². The number of aromatic nitrogens is 1. The zero-order valence-corrected chi connectivity index (χ0v) is 19.6. The maximum absolute atomic E-state index is 13.2. The van der Waals surface area contributed by atoms with Gasteiger partial charge in [-0.25, -0.2) is 18.4 Å². The lowest BCUT2D eigenvalue weighted by Gasteiger charge is -2.26. The molecular weight excluding hydrogens is 418 g/mol. The lowest BCUT2D eigenvalue weighted by molar-refractivity contribution is 0.346. The number of nitrogens with one attached hydrogen (secondary N) is 1. The quantitative estimate of drug-likeness (QED) is 0.519. The topological polar surface area (TPSA) is 77.9 Å². The molecule has 1 aliphatic heterocycles. The highest BCUT2D eigenvalue weighted by molar-refractivity contribution is 7.89. The highest BCUT2D eigenvalue weighted by Crippen LogP contribution is 2.24. The van der Waals surface area contributed by atoms with Gasteiger partial charge in [0.15, 0.2) is 5.96 Å². The molecule has 0 spiro atoms. The van der Waals surface area contributed by atoms with E-state index in [9.17, 15) is 8.42 Å². The molecular formula is C21H31N5O2S2. The summed E-state index contributed by atoms with van der Waals surface area (Å²) in [7, 11) is -1.53. The Kier molecular flexibility index (Phi) is 7.85. The average molecular weight is 450 g/mol. The minimum absolute atomic E-state index is 0.298. The largest absolute Gasteiger partial charge is 0.357 e. The third kappa shape index (κ3) is 5.59. The fourth-order valence-corrected chi connectivity index (χ4v) is 5.89. The van der Waals surface area contributed by atoms with Crippen LogP contribution in [0, 0.1) is 6.92 Å². The predicted octanol–water partition coefficient (Wildman–Crippen LogP) is 3.22. The molecule has 1 aromatic carbocycles. The Labute approximate surface area is 183 Å². The van der Waals surface area contributed by atoms with Gasteiger partial charge < -0.3 is 10.2 Å². The molecule has 1 N–H and O–H groups in total. The summed E-state index contributed by atoms with van der Waals surface area (Å²) in [6.07, 6.45) is 2.94. The Hall–Kier alpha value is -1.97. The first-order valence-electron chi connectivity index (χ1n) is 10.4. The van der Waals surface area contributed by atoms with Crippen molar-refractivity contribution in [1.82, 2.24) is 19.5 Å². The van der Waals surface area contributed by atoms with Crippen LogP contribution in [0.3, 0.4) is 0 Å². The van der Waals surface area contributed by atoms with Crippen LogP contribution in [-0.2, 0) is 23.1 Å². The minimum atomic E-state index is -3.50. The van der Waals surface area contributed by atoms with Gasteiger partial charge in [-0.15, -0.1) is 11.3 Å². The van der Waals surface area contributed by atoms with Gasteiger partial charge in [0.2, 0.25) is 10.0 Å². The van der Waals surface area contributed by atoms with Crippen molar-refractivity contribution in [3.8, 4) is 0 Å². The zero-order chi connectivity index (χ0) is 21.6. The van der Waals surface area contributed by atoms with Crippen molar-refractivity contribution in [3.63, 3.8) is 0 Å². The molecule has 2 heterocycles. The maximum Gasteiger partial charge on any atom is 0.243 e. The molecule has 0 atom stereocenters. The Morgan fingerprint density at radius 1 is 1.27 bits per heavy atom. The lowest BCUT2D eigenvalue weighted by Crippen LogP contribution is -2.38. The van der Waals surface area contributed by atoms with E-state index in [1.807, 2.05) is 37.9 Å². The molecule has 30 heavy (non-hydrogen) atoms. The number of sulfonamides is 1. The number of hydrogen-bond acceptors (Lipinski definition) is 5. The van der Waals surface area contributed by atoms with Crippen LogP contribution >= 0.6 is 11.3 Å². The fraction of sp³-hybridized carbons (Fsp3) is 0.524. The van der Waals surface area contributed by atoms with Gasteiger partial charge in [0.1, 0.15) is 0 Å². The minimum Gasteiger partial charge on any atom is -0.357 e. The summed E-state index contributed by atoms with van der Waals surface area (Å²) >= 11 is 1.63. The molecule has 0 saturated carbocycles. The van der Waals surface area contributed by atoms with Crippen molar-refractivity contribution in [2.45, 2.75) is 51.1 Å². The van der Waals surface area contributed by atoms with Crippen LogP contribution in [0.25, 0.3) is 0 Å². The Morgan fingerprint density at radius 3 is 2.67 bits per heavy atom. The second kappa shape index (κ2) is 10.4. The Balaban J connectivity index is 1.80. The fourth-order valence-electron chi connectivity index (χ4n) is 3.56. The van der Waals surface area contributed by atoms with E-state index in [1.54, 1.807) is 27.8 Å². The molecule has 1 aromatic heterocycles. The van der Waals surface area contributed by atoms with E-state index in [2.05, 4.69) is 15.7 Å². The van der Waals surface area contributed by atoms with Gasteiger partial charge in [0.25, 0.3) is 0 Å². The number of aliphatic imine (C=N–C) groups is 1. The van der Waals surface area contributed by atoms with Crippen molar-refractivity contribution in [3.05, 3.63) is 45.9 Å². The van der Waals surface area contributed by atoms with Gasteiger partial charge in [-0.05, 0) is 38.3 Å². The number of thiazole rings is 1. The molecule has 164 valence electrons. The van der Waals surface area contributed by atoms with Crippen LogP contribution in [0.5, 0.6) is 0 Å². The monoisotopic (exact) mass is 449 g/mol. The maximum atomic E-state index is 13.2. The first-order chi connectivity index (χ1) is 14.4. The summed E-state index contributed by atoms with van der Waals surface area (Å²) < 4.78 is 28.0. The number of hydrogen-bond donors (Lipinski definition) is 1. The van der Waals surface area contributed by atoms with Crippen molar-refractivity contribution in [2.75, 3.05) is 26.7 Å². The van der Waals surface area contributed by atoms with Crippen LogP contribution < -0.4 is 5.32 Å². The number of aryl methyl sites for hydroxylation is 1. The van der Waals surface area contributed by atoms with Gasteiger partial charge in [0.05, 0.1) is 28.7 Å². The smallest absolute Gasteiger partial charge is 0.243 e. The van der Waals surface area contributed by atoms with E-state index < -0.39 is 10.0 Å². The van der Waals surface area contributed by atoms with Crippen LogP contribution in [0.1, 0.15) is 42.5 Å². The van der Waals surface area contributed by atoms with Crippen LogP contribution in [0.2, 0.25) is 0 Å². The number of nitrogens with zero attached hydrogens (tertiary/aromatic N) is 4. The second-order valence-electron chi connectivity index (χ2n) is 7.46. The Bertz CT molecular complexity index is 965. The number of guanidine groups is 1. The van der Waals surface area contributed by atoms with E-state index in [1.165, 1.54) is 0 Å². The highest BCUT2D eigenvalue weighted by atomic mass is 32.2. The van der Waals surface area contributed by atoms with Gasteiger partial charge in [-0.2, -0.15) is 4.31 Å². The molecule has 3 rings (SSSR count). The molecule has 0 bridgehead atoms. The number of rotatable bonds is 7. The molecule has 7 nitrogen and oxygen atoms in total. The summed E-state index contributed by atoms with van der Waals surface area (Å²) in [6, 6.07) is 7.21.